The number of thioether (sulfide) groups is 1. The molecule has 0 saturated carbocycles. The molecular formula is C12H13ClOS. The Balaban J connectivity index is 2.62. The van der Waals surface area contributed by atoms with E-state index in [9.17, 15) is 4.79 Å². The standard InChI is InChI=1S/C12H13ClOS/c1-7-4-8-9(10(13)5-7)6-15-12(2,3)11(8)14/h4-5H,6H2,1-3H3. The summed E-state index contributed by atoms with van der Waals surface area (Å²) in [5.74, 6) is 1.02. The van der Waals surface area contributed by atoms with Crippen LogP contribution in [0.1, 0.15) is 35.3 Å². The zero-order chi connectivity index (χ0) is 11.2. The van der Waals surface area contributed by atoms with E-state index in [-0.39, 0.29) is 10.5 Å². The highest BCUT2D eigenvalue weighted by molar-refractivity contribution is 8.00. The molecule has 0 bridgehead atoms. The van der Waals surface area contributed by atoms with E-state index in [4.69, 9.17) is 11.6 Å². The minimum absolute atomic E-state index is 0.194. The van der Waals surface area contributed by atoms with Crippen molar-refractivity contribution in [3.8, 4) is 0 Å². The number of hydrogen-bond acceptors (Lipinski definition) is 2. The molecule has 1 nitrogen and oxygen atoms in total. The molecule has 0 aliphatic carbocycles. The highest BCUT2D eigenvalue weighted by Gasteiger charge is 2.35. The number of halogens is 1. The molecule has 0 fully saturated rings. The Hall–Kier alpha value is -0.470. The molecule has 1 aromatic rings. The normalized spacial score (nSPS) is 18.8. The van der Waals surface area contributed by atoms with E-state index < -0.39 is 0 Å². The van der Waals surface area contributed by atoms with Crippen molar-refractivity contribution in [3.63, 3.8) is 0 Å². The second kappa shape index (κ2) is 3.53. The topological polar surface area (TPSA) is 17.1 Å². The van der Waals surface area contributed by atoms with Gasteiger partial charge in [0.2, 0.25) is 0 Å². The molecule has 0 aromatic heterocycles. The van der Waals surface area contributed by atoms with Gasteiger partial charge in [-0.25, -0.2) is 0 Å². The third-order valence-corrected chi connectivity index (χ3v) is 4.39. The van der Waals surface area contributed by atoms with Gasteiger partial charge in [-0.15, -0.1) is 11.8 Å². The Morgan fingerprint density at radius 1 is 1.40 bits per heavy atom. The molecule has 1 aliphatic rings. The van der Waals surface area contributed by atoms with Crippen LogP contribution in [0.2, 0.25) is 5.02 Å². The van der Waals surface area contributed by atoms with Gasteiger partial charge in [0.05, 0.1) is 4.75 Å². The maximum absolute atomic E-state index is 12.2. The molecule has 1 aromatic carbocycles. The number of aryl methyl sites for hydroxylation is 1. The van der Waals surface area contributed by atoms with Gasteiger partial charge < -0.3 is 0 Å². The summed E-state index contributed by atoms with van der Waals surface area (Å²) < 4.78 is -0.315. The average molecular weight is 241 g/mol. The van der Waals surface area contributed by atoms with Crippen LogP contribution >= 0.6 is 23.4 Å². The smallest absolute Gasteiger partial charge is 0.178 e. The second-order valence-electron chi connectivity index (χ2n) is 4.40. The van der Waals surface area contributed by atoms with Crippen LogP contribution in [0.5, 0.6) is 0 Å². The van der Waals surface area contributed by atoms with Crippen LogP contribution in [0, 0.1) is 6.92 Å². The third kappa shape index (κ3) is 1.81. The van der Waals surface area contributed by atoms with E-state index in [0.29, 0.717) is 0 Å². The van der Waals surface area contributed by atoms with Crippen LogP contribution in [0.25, 0.3) is 0 Å². The number of rotatable bonds is 0. The number of carbonyl (C=O) groups is 1. The molecule has 1 aliphatic heterocycles. The van der Waals surface area contributed by atoms with Crippen LogP contribution in [0.15, 0.2) is 12.1 Å². The van der Waals surface area contributed by atoms with Crippen molar-refractivity contribution in [1.82, 2.24) is 0 Å². The van der Waals surface area contributed by atoms with E-state index in [1.54, 1.807) is 11.8 Å². The Morgan fingerprint density at radius 2 is 2.07 bits per heavy atom. The maximum Gasteiger partial charge on any atom is 0.178 e. The van der Waals surface area contributed by atoms with Crippen molar-refractivity contribution in [3.05, 3.63) is 33.8 Å². The molecule has 0 spiro atoms. The van der Waals surface area contributed by atoms with Gasteiger partial charge >= 0.3 is 0 Å². The second-order valence-corrected chi connectivity index (χ2v) is 6.41. The lowest BCUT2D eigenvalue weighted by Gasteiger charge is -2.29. The highest BCUT2D eigenvalue weighted by Crippen LogP contribution is 2.40. The van der Waals surface area contributed by atoms with Gasteiger partial charge in [-0.3, -0.25) is 4.79 Å². The van der Waals surface area contributed by atoms with Crippen molar-refractivity contribution in [2.75, 3.05) is 0 Å². The van der Waals surface area contributed by atoms with Crippen LogP contribution in [-0.2, 0) is 5.75 Å². The minimum Gasteiger partial charge on any atom is -0.293 e. The van der Waals surface area contributed by atoms with Gasteiger partial charge in [0.25, 0.3) is 0 Å². The van der Waals surface area contributed by atoms with Crippen LogP contribution in [-0.4, -0.2) is 10.5 Å². The summed E-state index contributed by atoms with van der Waals surface area (Å²) in [5.41, 5.74) is 2.86. The van der Waals surface area contributed by atoms with Crippen molar-refractivity contribution >= 4 is 29.1 Å². The number of benzene rings is 1. The molecule has 0 unspecified atom stereocenters. The van der Waals surface area contributed by atoms with E-state index >= 15 is 0 Å². The predicted octanol–water partition coefficient (Wildman–Crippen LogP) is 3.86. The summed E-state index contributed by atoms with van der Waals surface area (Å²) in [4.78, 5) is 12.2. The van der Waals surface area contributed by atoms with Gasteiger partial charge in [-0.05, 0) is 44.0 Å². The fourth-order valence-electron chi connectivity index (χ4n) is 1.76. The van der Waals surface area contributed by atoms with Gasteiger partial charge in [0, 0.05) is 16.3 Å². The molecule has 15 heavy (non-hydrogen) atoms. The first-order chi connectivity index (χ1) is 6.92. The Labute approximate surface area is 99.2 Å². The molecule has 0 saturated heterocycles. The van der Waals surface area contributed by atoms with Gasteiger partial charge in [-0.2, -0.15) is 0 Å². The molecule has 0 N–H and O–H groups in total. The summed E-state index contributed by atoms with van der Waals surface area (Å²) in [6.45, 7) is 5.91. The number of fused-ring (bicyclic) bond motifs is 1. The molecule has 1 heterocycles. The van der Waals surface area contributed by atoms with Crippen molar-refractivity contribution < 1.29 is 4.79 Å². The Morgan fingerprint density at radius 3 is 2.73 bits per heavy atom. The number of ketones is 1. The molecular weight excluding hydrogens is 228 g/mol. The maximum atomic E-state index is 12.2. The first kappa shape index (κ1) is 11.0. The van der Waals surface area contributed by atoms with Crippen LogP contribution in [0.4, 0.5) is 0 Å². The summed E-state index contributed by atoms with van der Waals surface area (Å²) in [6.07, 6.45) is 0. The largest absolute Gasteiger partial charge is 0.293 e. The minimum atomic E-state index is -0.315. The van der Waals surface area contributed by atoms with Crippen molar-refractivity contribution in [1.29, 1.82) is 0 Å². The summed E-state index contributed by atoms with van der Waals surface area (Å²) in [5, 5.41) is 0.723. The summed E-state index contributed by atoms with van der Waals surface area (Å²) >= 11 is 7.80. The third-order valence-electron chi connectivity index (χ3n) is 2.71. The van der Waals surface area contributed by atoms with E-state index in [0.717, 1.165) is 27.5 Å². The number of carbonyl (C=O) groups excluding carboxylic acids is 1. The fraction of sp³-hybridized carbons (Fsp3) is 0.417. The molecule has 0 atom stereocenters. The Bertz CT molecular complexity index is 437. The lowest BCUT2D eigenvalue weighted by atomic mass is 9.94. The van der Waals surface area contributed by atoms with E-state index in [1.807, 2.05) is 32.9 Å². The molecule has 80 valence electrons. The first-order valence-corrected chi connectivity index (χ1v) is 6.26. The van der Waals surface area contributed by atoms with E-state index in [2.05, 4.69) is 0 Å². The van der Waals surface area contributed by atoms with Gasteiger partial charge in [0.1, 0.15) is 0 Å². The average Bonchev–Trinajstić information content (AvgIpc) is 2.12. The number of Topliss-reactive ketones (excluding diaryl/α,β-unsaturated/α-hetero) is 1. The molecule has 0 radical (unpaired) electrons. The summed E-state index contributed by atoms with van der Waals surface area (Å²) in [6, 6.07) is 3.87. The lowest BCUT2D eigenvalue weighted by molar-refractivity contribution is 0.0955. The zero-order valence-electron chi connectivity index (χ0n) is 9.06. The highest BCUT2D eigenvalue weighted by atomic mass is 35.5. The SMILES string of the molecule is Cc1cc(Cl)c2c(c1)C(=O)C(C)(C)SC2. The van der Waals surface area contributed by atoms with Crippen LogP contribution in [0.3, 0.4) is 0 Å². The monoisotopic (exact) mass is 240 g/mol. The summed E-state index contributed by atoms with van der Waals surface area (Å²) in [7, 11) is 0. The van der Waals surface area contributed by atoms with Crippen LogP contribution < -0.4 is 0 Å². The lowest BCUT2D eigenvalue weighted by Crippen LogP contribution is -2.32. The molecule has 0 amide bonds. The number of hydrogen-bond donors (Lipinski definition) is 0. The van der Waals surface area contributed by atoms with Crippen molar-refractivity contribution in [2.24, 2.45) is 0 Å². The first-order valence-electron chi connectivity index (χ1n) is 4.89. The van der Waals surface area contributed by atoms with Crippen molar-refractivity contribution in [2.45, 2.75) is 31.3 Å². The predicted molar refractivity (Wildman–Crippen MR) is 65.9 cm³/mol. The Kier molecular flexibility index (Phi) is 2.60. The van der Waals surface area contributed by atoms with Gasteiger partial charge in [-0.1, -0.05) is 11.6 Å². The molecule has 2 rings (SSSR count). The zero-order valence-corrected chi connectivity index (χ0v) is 10.6. The van der Waals surface area contributed by atoms with E-state index in [1.165, 1.54) is 0 Å². The van der Waals surface area contributed by atoms with Gasteiger partial charge in [0.15, 0.2) is 5.78 Å². The quantitative estimate of drug-likeness (QED) is 0.685. The molecule has 3 heteroatoms. The fourth-order valence-corrected chi connectivity index (χ4v) is 3.24.